The summed E-state index contributed by atoms with van der Waals surface area (Å²) in [6.07, 6.45) is 0. The van der Waals surface area contributed by atoms with Gasteiger partial charge in [-0.15, -0.1) is 0 Å². The molecule has 4 N–H and O–H groups in total. The maximum atomic E-state index is 11.8. The van der Waals surface area contributed by atoms with Gasteiger partial charge in [0.15, 0.2) is 0 Å². The molecule has 2 amide bonds. The zero-order chi connectivity index (χ0) is 15.4. The number of amides is 2. The molecule has 108 valence electrons. The van der Waals surface area contributed by atoms with E-state index in [1.807, 2.05) is 0 Å². The van der Waals surface area contributed by atoms with Crippen LogP contribution in [0.1, 0.15) is 5.56 Å². The molecule has 21 heavy (non-hydrogen) atoms. The molecule has 0 unspecified atom stereocenters. The van der Waals surface area contributed by atoms with Crippen molar-refractivity contribution in [3.8, 4) is 11.5 Å². The number of nitrogens with one attached hydrogen (secondary N) is 2. The molecule has 6 heteroatoms. The molecule has 0 aliphatic heterocycles. The number of rotatable bonds is 2. The first kappa shape index (κ1) is 14.4. The van der Waals surface area contributed by atoms with Crippen LogP contribution in [0.2, 0.25) is 0 Å². The predicted octanol–water partition coefficient (Wildman–Crippen LogP) is 1.98. The number of phenols is 2. The Kier molecular flexibility index (Phi) is 4.08. The average Bonchev–Trinajstić information content (AvgIpc) is 2.43. The molecule has 0 atom stereocenters. The lowest BCUT2D eigenvalue weighted by Gasteiger charge is -2.08. The molecule has 2 rings (SSSR count). The summed E-state index contributed by atoms with van der Waals surface area (Å²) in [6, 6.07) is 10.5. The van der Waals surface area contributed by atoms with Gasteiger partial charge in [-0.05, 0) is 36.8 Å². The normalized spacial score (nSPS) is 9.95. The molecule has 2 aromatic rings. The monoisotopic (exact) mass is 286 g/mol. The molecule has 0 bridgehead atoms. The Balaban J connectivity index is 2.06. The van der Waals surface area contributed by atoms with E-state index in [-0.39, 0.29) is 17.2 Å². The van der Waals surface area contributed by atoms with Gasteiger partial charge in [-0.25, -0.2) is 0 Å². The van der Waals surface area contributed by atoms with Crippen LogP contribution in [0.3, 0.4) is 0 Å². The van der Waals surface area contributed by atoms with Crippen LogP contribution in [-0.2, 0) is 9.59 Å². The summed E-state index contributed by atoms with van der Waals surface area (Å²) in [6.45, 7) is 1.79. The first-order chi connectivity index (χ1) is 9.95. The highest BCUT2D eigenvalue weighted by atomic mass is 16.3. The van der Waals surface area contributed by atoms with E-state index in [2.05, 4.69) is 10.6 Å². The number of hydrogen-bond acceptors (Lipinski definition) is 4. The van der Waals surface area contributed by atoms with Crippen molar-refractivity contribution >= 4 is 23.2 Å². The second kappa shape index (κ2) is 5.96. The molecule has 0 saturated carbocycles. The summed E-state index contributed by atoms with van der Waals surface area (Å²) < 4.78 is 0. The van der Waals surface area contributed by atoms with Gasteiger partial charge >= 0.3 is 11.8 Å². The second-order valence-electron chi connectivity index (χ2n) is 4.48. The van der Waals surface area contributed by atoms with Gasteiger partial charge in [-0.2, -0.15) is 0 Å². The Morgan fingerprint density at radius 1 is 0.952 bits per heavy atom. The van der Waals surface area contributed by atoms with E-state index in [0.29, 0.717) is 5.69 Å². The highest BCUT2D eigenvalue weighted by Crippen LogP contribution is 2.23. The van der Waals surface area contributed by atoms with Crippen molar-refractivity contribution in [2.75, 3.05) is 10.6 Å². The van der Waals surface area contributed by atoms with Gasteiger partial charge in [-0.3, -0.25) is 9.59 Å². The predicted molar refractivity (Wildman–Crippen MR) is 78.2 cm³/mol. The van der Waals surface area contributed by atoms with E-state index in [4.69, 9.17) is 0 Å². The number of anilines is 2. The summed E-state index contributed by atoms with van der Waals surface area (Å²) in [5, 5.41) is 23.6. The van der Waals surface area contributed by atoms with Crippen LogP contribution >= 0.6 is 0 Å². The minimum absolute atomic E-state index is 0.0236. The van der Waals surface area contributed by atoms with Gasteiger partial charge in [0.1, 0.15) is 11.5 Å². The molecular formula is C15H14N2O4. The molecule has 6 nitrogen and oxygen atoms in total. The second-order valence-corrected chi connectivity index (χ2v) is 4.48. The van der Waals surface area contributed by atoms with Crippen molar-refractivity contribution in [1.82, 2.24) is 0 Å². The van der Waals surface area contributed by atoms with Gasteiger partial charge in [-0.1, -0.05) is 12.1 Å². The van der Waals surface area contributed by atoms with E-state index < -0.39 is 11.8 Å². The smallest absolute Gasteiger partial charge is 0.314 e. The van der Waals surface area contributed by atoms with Gasteiger partial charge in [0.2, 0.25) is 0 Å². The molecule has 2 aromatic carbocycles. The van der Waals surface area contributed by atoms with E-state index in [1.54, 1.807) is 19.1 Å². The molecule has 0 saturated heterocycles. The summed E-state index contributed by atoms with van der Waals surface area (Å²) in [5.74, 6) is -1.97. The maximum absolute atomic E-state index is 11.8. The Labute approximate surface area is 121 Å². The molecule has 0 spiro atoms. The number of aromatic hydroxyl groups is 2. The number of carbonyl (C=O) groups is 2. The van der Waals surface area contributed by atoms with Crippen LogP contribution in [0.4, 0.5) is 11.4 Å². The minimum Gasteiger partial charge on any atom is -0.508 e. The fourth-order valence-corrected chi connectivity index (χ4v) is 1.70. The standard InChI is InChI=1S/C15H14N2O4/c1-9-5-6-13(19)12(7-9)17-15(21)14(20)16-10-3-2-4-11(18)8-10/h2-8,18-19H,1H3,(H,16,20)(H,17,21). The van der Waals surface area contributed by atoms with Crippen LogP contribution < -0.4 is 10.6 Å². The third-order valence-electron chi connectivity index (χ3n) is 2.71. The summed E-state index contributed by atoms with van der Waals surface area (Å²) in [5.41, 5.74) is 1.28. The fourth-order valence-electron chi connectivity index (χ4n) is 1.70. The van der Waals surface area contributed by atoms with Gasteiger partial charge in [0.05, 0.1) is 5.69 Å². The van der Waals surface area contributed by atoms with E-state index >= 15 is 0 Å². The quantitative estimate of drug-likeness (QED) is 0.501. The van der Waals surface area contributed by atoms with Crippen molar-refractivity contribution in [2.45, 2.75) is 6.92 Å². The lowest BCUT2D eigenvalue weighted by Crippen LogP contribution is -2.29. The molecule has 0 aliphatic carbocycles. The zero-order valence-electron chi connectivity index (χ0n) is 11.3. The number of benzene rings is 2. The molecule has 0 aliphatic rings. The van der Waals surface area contributed by atoms with Gasteiger partial charge in [0.25, 0.3) is 0 Å². The van der Waals surface area contributed by atoms with E-state index in [0.717, 1.165) is 5.56 Å². The lowest BCUT2D eigenvalue weighted by atomic mass is 10.2. The molecule has 0 aromatic heterocycles. The van der Waals surface area contributed by atoms with Crippen LogP contribution in [0.5, 0.6) is 11.5 Å². The Bertz CT molecular complexity index is 698. The van der Waals surface area contributed by atoms with Gasteiger partial charge < -0.3 is 20.8 Å². The lowest BCUT2D eigenvalue weighted by molar-refractivity contribution is -0.133. The van der Waals surface area contributed by atoms with Crippen molar-refractivity contribution in [2.24, 2.45) is 0 Å². The average molecular weight is 286 g/mol. The first-order valence-electron chi connectivity index (χ1n) is 6.16. The Morgan fingerprint density at radius 2 is 1.67 bits per heavy atom. The highest BCUT2D eigenvalue weighted by Gasteiger charge is 2.15. The van der Waals surface area contributed by atoms with Crippen molar-refractivity contribution in [3.05, 3.63) is 48.0 Å². The third-order valence-corrected chi connectivity index (χ3v) is 2.71. The SMILES string of the molecule is Cc1ccc(O)c(NC(=O)C(=O)Nc2cccc(O)c2)c1. The summed E-state index contributed by atoms with van der Waals surface area (Å²) >= 11 is 0. The zero-order valence-corrected chi connectivity index (χ0v) is 11.3. The number of hydrogen-bond donors (Lipinski definition) is 4. The van der Waals surface area contributed by atoms with E-state index in [1.165, 1.54) is 30.3 Å². The number of phenolic OH excluding ortho intramolecular Hbond substituents is 2. The maximum Gasteiger partial charge on any atom is 0.314 e. The highest BCUT2D eigenvalue weighted by molar-refractivity contribution is 6.43. The number of carbonyl (C=O) groups excluding carboxylic acids is 2. The van der Waals surface area contributed by atoms with E-state index in [9.17, 15) is 19.8 Å². The molecule has 0 fully saturated rings. The van der Waals surface area contributed by atoms with Crippen LogP contribution in [0.25, 0.3) is 0 Å². The van der Waals surface area contributed by atoms with Crippen LogP contribution in [0, 0.1) is 6.92 Å². The van der Waals surface area contributed by atoms with Crippen LogP contribution in [0.15, 0.2) is 42.5 Å². The Hall–Kier alpha value is -3.02. The molecule has 0 heterocycles. The first-order valence-corrected chi connectivity index (χ1v) is 6.16. The largest absolute Gasteiger partial charge is 0.508 e. The van der Waals surface area contributed by atoms with Crippen molar-refractivity contribution in [1.29, 1.82) is 0 Å². The summed E-state index contributed by atoms with van der Waals surface area (Å²) in [7, 11) is 0. The number of aryl methyl sites for hydroxylation is 1. The van der Waals surface area contributed by atoms with Gasteiger partial charge in [0, 0.05) is 11.8 Å². The van der Waals surface area contributed by atoms with Crippen molar-refractivity contribution in [3.63, 3.8) is 0 Å². The Morgan fingerprint density at radius 3 is 2.38 bits per heavy atom. The molecular weight excluding hydrogens is 272 g/mol. The minimum atomic E-state index is -0.917. The topological polar surface area (TPSA) is 98.7 Å². The third kappa shape index (κ3) is 3.73. The summed E-state index contributed by atoms with van der Waals surface area (Å²) in [4.78, 5) is 23.5. The van der Waals surface area contributed by atoms with Crippen molar-refractivity contribution < 1.29 is 19.8 Å². The molecule has 0 radical (unpaired) electrons. The fraction of sp³-hybridized carbons (Fsp3) is 0.0667. The van der Waals surface area contributed by atoms with Crippen LogP contribution in [-0.4, -0.2) is 22.0 Å².